The van der Waals surface area contributed by atoms with Gasteiger partial charge in [0.1, 0.15) is 0 Å². The lowest BCUT2D eigenvalue weighted by molar-refractivity contribution is -0.131. The first-order valence-electron chi connectivity index (χ1n) is 8.64. The van der Waals surface area contributed by atoms with Crippen LogP contribution in [-0.4, -0.2) is 54.3 Å². The molecular weight excluding hydrogens is 370 g/mol. The number of amides is 2. The first-order chi connectivity index (χ1) is 12.5. The van der Waals surface area contributed by atoms with Gasteiger partial charge in [-0.1, -0.05) is 29.8 Å². The molecule has 1 N–H and O–H groups in total. The van der Waals surface area contributed by atoms with Crippen molar-refractivity contribution in [3.63, 3.8) is 0 Å². The van der Waals surface area contributed by atoms with Crippen LogP contribution >= 0.6 is 22.9 Å². The number of hydrogen-bond donors (Lipinski definition) is 1. The summed E-state index contributed by atoms with van der Waals surface area (Å²) in [6.07, 6.45) is 0. The predicted octanol–water partition coefficient (Wildman–Crippen LogP) is 3.04. The second-order valence-corrected chi connectivity index (χ2v) is 7.69. The lowest BCUT2D eigenvalue weighted by Gasteiger charge is -2.34. The minimum atomic E-state index is 0.0570. The normalized spacial score (nSPS) is 15.8. The Hall–Kier alpha value is -1.89. The molecule has 0 saturated carbocycles. The Morgan fingerprint density at radius 1 is 1.12 bits per heavy atom. The van der Waals surface area contributed by atoms with Crippen molar-refractivity contribution < 1.29 is 9.59 Å². The number of piperazine rings is 1. The van der Waals surface area contributed by atoms with Crippen LogP contribution < -0.4 is 5.32 Å². The molecule has 26 heavy (non-hydrogen) atoms. The van der Waals surface area contributed by atoms with Gasteiger partial charge in [-0.2, -0.15) is 0 Å². The van der Waals surface area contributed by atoms with Crippen molar-refractivity contribution in [2.45, 2.75) is 13.0 Å². The molecule has 1 fully saturated rings. The molecule has 1 aliphatic heterocycles. The lowest BCUT2D eigenvalue weighted by atomic mass is 10.1. The third kappa shape index (κ3) is 4.63. The number of nitrogens with zero attached hydrogens (tertiary/aromatic N) is 2. The summed E-state index contributed by atoms with van der Waals surface area (Å²) in [4.78, 5) is 29.2. The Labute approximate surface area is 162 Å². The molecular formula is C19H22ClN3O2S. The average Bonchev–Trinajstić information content (AvgIpc) is 3.20. The van der Waals surface area contributed by atoms with Gasteiger partial charge in [0.15, 0.2) is 0 Å². The highest BCUT2D eigenvalue weighted by atomic mass is 35.5. The highest BCUT2D eigenvalue weighted by molar-refractivity contribution is 7.12. The molecule has 1 saturated heterocycles. The first-order valence-corrected chi connectivity index (χ1v) is 9.90. The van der Waals surface area contributed by atoms with Crippen molar-refractivity contribution in [1.82, 2.24) is 15.1 Å². The van der Waals surface area contributed by atoms with E-state index < -0.39 is 0 Å². The van der Waals surface area contributed by atoms with Gasteiger partial charge in [0.05, 0.1) is 11.4 Å². The van der Waals surface area contributed by atoms with Crippen LogP contribution in [0.25, 0.3) is 0 Å². The maximum Gasteiger partial charge on any atom is 0.264 e. The van der Waals surface area contributed by atoms with E-state index in [0.29, 0.717) is 31.2 Å². The van der Waals surface area contributed by atoms with Gasteiger partial charge in [0.2, 0.25) is 5.91 Å². The van der Waals surface area contributed by atoms with Crippen LogP contribution in [0.2, 0.25) is 5.02 Å². The molecule has 138 valence electrons. The molecule has 1 aromatic heterocycles. The van der Waals surface area contributed by atoms with Crippen molar-refractivity contribution in [1.29, 1.82) is 0 Å². The zero-order valence-corrected chi connectivity index (χ0v) is 16.2. The standard InChI is InChI=1S/C19H22ClN3O2S/c1-14(15-4-6-16(20)7-5-15)21-13-18(24)22-8-10-23(11-9-22)19(25)17-3-2-12-26-17/h2-7,12,14,21H,8-11,13H2,1H3/t14-/m0/s1. The summed E-state index contributed by atoms with van der Waals surface area (Å²) in [7, 11) is 0. The molecule has 1 aliphatic rings. The fraction of sp³-hybridized carbons (Fsp3) is 0.368. The van der Waals surface area contributed by atoms with Crippen molar-refractivity contribution in [3.8, 4) is 0 Å². The maximum atomic E-state index is 12.4. The molecule has 2 amide bonds. The fourth-order valence-electron chi connectivity index (χ4n) is 2.94. The second-order valence-electron chi connectivity index (χ2n) is 6.30. The number of benzene rings is 1. The van der Waals surface area contributed by atoms with Gasteiger partial charge >= 0.3 is 0 Å². The molecule has 0 unspecified atom stereocenters. The molecule has 0 radical (unpaired) electrons. The van der Waals surface area contributed by atoms with Gasteiger partial charge in [0, 0.05) is 37.2 Å². The van der Waals surface area contributed by atoms with Gasteiger partial charge < -0.3 is 15.1 Å². The van der Waals surface area contributed by atoms with E-state index in [2.05, 4.69) is 5.32 Å². The predicted molar refractivity (Wildman–Crippen MR) is 105 cm³/mol. The number of carbonyl (C=O) groups excluding carboxylic acids is 2. The van der Waals surface area contributed by atoms with Crippen LogP contribution in [0.4, 0.5) is 0 Å². The monoisotopic (exact) mass is 391 g/mol. The maximum absolute atomic E-state index is 12.4. The molecule has 1 aromatic carbocycles. The van der Waals surface area contributed by atoms with E-state index in [0.717, 1.165) is 10.4 Å². The van der Waals surface area contributed by atoms with E-state index in [-0.39, 0.29) is 24.4 Å². The van der Waals surface area contributed by atoms with Crippen LogP contribution in [0, 0.1) is 0 Å². The molecule has 7 heteroatoms. The minimum Gasteiger partial charge on any atom is -0.338 e. The Morgan fingerprint density at radius 3 is 2.38 bits per heavy atom. The van der Waals surface area contributed by atoms with Gasteiger partial charge in [0.25, 0.3) is 5.91 Å². The lowest BCUT2D eigenvalue weighted by Crippen LogP contribution is -2.52. The first kappa shape index (κ1) is 18.9. The smallest absolute Gasteiger partial charge is 0.264 e. The van der Waals surface area contributed by atoms with Gasteiger partial charge in [-0.05, 0) is 36.1 Å². The summed E-state index contributed by atoms with van der Waals surface area (Å²) in [6, 6.07) is 11.4. The number of hydrogen-bond acceptors (Lipinski definition) is 4. The highest BCUT2D eigenvalue weighted by Crippen LogP contribution is 2.16. The fourth-order valence-corrected chi connectivity index (χ4v) is 3.75. The quantitative estimate of drug-likeness (QED) is 0.852. The number of carbonyl (C=O) groups is 2. The number of rotatable bonds is 5. The minimum absolute atomic E-state index is 0.0570. The van der Waals surface area contributed by atoms with Gasteiger partial charge in [-0.15, -0.1) is 11.3 Å². The zero-order chi connectivity index (χ0) is 18.5. The highest BCUT2D eigenvalue weighted by Gasteiger charge is 2.25. The molecule has 5 nitrogen and oxygen atoms in total. The second kappa shape index (κ2) is 8.66. The number of nitrogens with one attached hydrogen (secondary N) is 1. The Morgan fingerprint density at radius 2 is 1.77 bits per heavy atom. The molecule has 0 aliphatic carbocycles. The summed E-state index contributed by atoms with van der Waals surface area (Å²) >= 11 is 7.36. The number of thiophene rings is 1. The average molecular weight is 392 g/mol. The van der Waals surface area contributed by atoms with Crippen LogP contribution in [0.3, 0.4) is 0 Å². The molecule has 1 atom stereocenters. The summed E-state index contributed by atoms with van der Waals surface area (Å²) in [6.45, 7) is 4.61. The third-order valence-electron chi connectivity index (χ3n) is 4.58. The van der Waals surface area contributed by atoms with Crippen LogP contribution in [0.5, 0.6) is 0 Å². The summed E-state index contributed by atoms with van der Waals surface area (Å²) < 4.78 is 0. The topological polar surface area (TPSA) is 52.7 Å². The number of halogens is 1. The van der Waals surface area contributed by atoms with Crippen LogP contribution in [-0.2, 0) is 4.79 Å². The molecule has 3 rings (SSSR count). The molecule has 2 aromatic rings. The van der Waals surface area contributed by atoms with E-state index in [1.807, 2.05) is 58.5 Å². The van der Waals surface area contributed by atoms with E-state index in [4.69, 9.17) is 11.6 Å². The summed E-state index contributed by atoms with van der Waals surface area (Å²) in [5.41, 5.74) is 1.09. The van der Waals surface area contributed by atoms with Crippen molar-refractivity contribution in [3.05, 3.63) is 57.2 Å². The Balaban J connectivity index is 1.45. The summed E-state index contributed by atoms with van der Waals surface area (Å²) in [5.74, 6) is 0.121. The SMILES string of the molecule is C[C@H](NCC(=O)N1CCN(C(=O)c2cccs2)CC1)c1ccc(Cl)cc1. The van der Waals surface area contributed by atoms with E-state index in [1.54, 1.807) is 0 Å². The van der Waals surface area contributed by atoms with Crippen molar-refractivity contribution >= 4 is 34.8 Å². The zero-order valence-electron chi connectivity index (χ0n) is 14.7. The molecule has 0 spiro atoms. The third-order valence-corrected chi connectivity index (χ3v) is 5.69. The van der Waals surface area contributed by atoms with E-state index >= 15 is 0 Å². The summed E-state index contributed by atoms with van der Waals surface area (Å²) in [5, 5.41) is 5.86. The van der Waals surface area contributed by atoms with Crippen LogP contribution in [0.1, 0.15) is 28.2 Å². The van der Waals surface area contributed by atoms with Gasteiger partial charge in [-0.25, -0.2) is 0 Å². The molecule has 0 bridgehead atoms. The Bertz CT molecular complexity index is 741. The van der Waals surface area contributed by atoms with Crippen molar-refractivity contribution in [2.24, 2.45) is 0 Å². The van der Waals surface area contributed by atoms with E-state index in [9.17, 15) is 9.59 Å². The largest absolute Gasteiger partial charge is 0.338 e. The van der Waals surface area contributed by atoms with Gasteiger partial charge in [-0.3, -0.25) is 9.59 Å². The van der Waals surface area contributed by atoms with Crippen LogP contribution in [0.15, 0.2) is 41.8 Å². The van der Waals surface area contributed by atoms with Crippen molar-refractivity contribution in [2.75, 3.05) is 32.7 Å². The Kier molecular flexibility index (Phi) is 6.29. The van der Waals surface area contributed by atoms with E-state index in [1.165, 1.54) is 11.3 Å². The molecule has 2 heterocycles.